The number of carbonyl (C=O) groups is 1. The van der Waals surface area contributed by atoms with Crippen LogP contribution in [-0.4, -0.2) is 37.1 Å². The lowest BCUT2D eigenvalue weighted by Gasteiger charge is -2.12. The zero-order valence-electron chi connectivity index (χ0n) is 14.7. The summed E-state index contributed by atoms with van der Waals surface area (Å²) >= 11 is 0. The first-order chi connectivity index (χ1) is 13.3. The Bertz CT molecular complexity index is 1020. The van der Waals surface area contributed by atoms with Gasteiger partial charge in [-0.05, 0) is 60.0 Å². The number of aromatic nitrogens is 5. The van der Waals surface area contributed by atoms with Crippen molar-refractivity contribution in [2.45, 2.75) is 32.0 Å². The van der Waals surface area contributed by atoms with Crippen molar-refractivity contribution in [3.8, 4) is 16.9 Å². The topological polar surface area (TPSA) is 85.6 Å². The summed E-state index contributed by atoms with van der Waals surface area (Å²) in [7, 11) is 0. The molecule has 144 valence electrons. The van der Waals surface area contributed by atoms with Crippen molar-refractivity contribution in [2.24, 2.45) is 0 Å². The highest BCUT2D eigenvalue weighted by Gasteiger charge is 2.38. The molecule has 1 amide bonds. The van der Waals surface area contributed by atoms with Gasteiger partial charge < -0.3 is 5.32 Å². The van der Waals surface area contributed by atoms with Gasteiger partial charge in [0.2, 0.25) is 0 Å². The summed E-state index contributed by atoms with van der Waals surface area (Å²) in [4.78, 5) is 16.8. The van der Waals surface area contributed by atoms with Gasteiger partial charge in [-0.1, -0.05) is 6.07 Å². The molecule has 0 radical (unpaired) electrons. The second-order valence-electron chi connectivity index (χ2n) is 6.65. The Morgan fingerprint density at radius 1 is 1.21 bits per heavy atom. The summed E-state index contributed by atoms with van der Waals surface area (Å²) in [6.45, 7) is 1.87. The third-order valence-corrected chi connectivity index (χ3v) is 4.27. The molecule has 2 heterocycles. The number of carbonyl (C=O) groups excluding carboxylic acids is 1. The molecule has 1 fully saturated rings. The van der Waals surface area contributed by atoms with Gasteiger partial charge in [-0.15, -0.1) is 5.10 Å². The molecule has 3 aromatic rings. The van der Waals surface area contributed by atoms with Crippen molar-refractivity contribution in [1.82, 2.24) is 30.5 Å². The molecule has 1 aliphatic rings. The quantitative estimate of drug-likeness (QED) is 0.743. The van der Waals surface area contributed by atoms with Gasteiger partial charge in [0.15, 0.2) is 0 Å². The highest BCUT2D eigenvalue weighted by molar-refractivity contribution is 5.96. The van der Waals surface area contributed by atoms with E-state index in [1.54, 1.807) is 18.3 Å². The first-order valence-electron chi connectivity index (χ1n) is 8.56. The van der Waals surface area contributed by atoms with Crippen molar-refractivity contribution in [3.63, 3.8) is 0 Å². The van der Waals surface area contributed by atoms with Gasteiger partial charge >= 0.3 is 6.18 Å². The maximum Gasteiger partial charge on any atom is 0.453 e. The average molecular weight is 388 g/mol. The van der Waals surface area contributed by atoms with E-state index in [0.717, 1.165) is 18.4 Å². The SMILES string of the molecule is Cc1ccc(-c2cc(C(=O)NC3CC3)cc(-n3nnnc3C(F)(F)F)c2)nc1. The van der Waals surface area contributed by atoms with Crippen molar-refractivity contribution < 1.29 is 18.0 Å². The van der Waals surface area contributed by atoms with E-state index in [4.69, 9.17) is 0 Å². The Morgan fingerprint density at radius 3 is 2.64 bits per heavy atom. The lowest BCUT2D eigenvalue weighted by molar-refractivity contribution is -0.146. The first-order valence-corrected chi connectivity index (χ1v) is 8.56. The number of nitrogens with one attached hydrogen (secondary N) is 1. The molecule has 10 heteroatoms. The fourth-order valence-corrected chi connectivity index (χ4v) is 2.69. The molecule has 1 aromatic carbocycles. The van der Waals surface area contributed by atoms with Crippen LogP contribution in [0.15, 0.2) is 36.5 Å². The monoisotopic (exact) mass is 388 g/mol. The number of benzene rings is 1. The van der Waals surface area contributed by atoms with E-state index in [1.807, 2.05) is 13.0 Å². The fourth-order valence-electron chi connectivity index (χ4n) is 2.69. The number of amides is 1. The molecule has 1 saturated carbocycles. The molecule has 4 rings (SSSR count). The molecule has 0 spiro atoms. The Morgan fingerprint density at radius 2 is 2.00 bits per heavy atom. The lowest BCUT2D eigenvalue weighted by Crippen LogP contribution is -2.25. The van der Waals surface area contributed by atoms with E-state index in [-0.39, 0.29) is 23.2 Å². The largest absolute Gasteiger partial charge is 0.453 e. The maximum absolute atomic E-state index is 13.2. The number of nitrogens with zero attached hydrogens (tertiary/aromatic N) is 5. The van der Waals surface area contributed by atoms with Crippen LogP contribution in [0.2, 0.25) is 0 Å². The van der Waals surface area contributed by atoms with Gasteiger partial charge in [0.05, 0.1) is 11.4 Å². The minimum absolute atomic E-state index is 0.0261. The molecule has 0 atom stereocenters. The van der Waals surface area contributed by atoms with Gasteiger partial charge in [-0.25, -0.2) is 0 Å². The Labute approximate surface area is 157 Å². The van der Waals surface area contributed by atoms with Crippen LogP contribution in [-0.2, 0) is 6.18 Å². The fraction of sp³-hybridized carbons (Fsp3) is 0.278. The maximum atomic E-state index is 13.2. The summed E-state index contributed by atoms with van der Waals surface area (Å²) < 4.78 is 40.2. The minimum Gasteiger partial charge on any atom is -0.349 e. The van der Waals surface area contributed by atoms with Crippen LogP contribution in [0.3, 0.4) is 0 Å². The summed E-state index contributed by atoms with van der Waals surface area (Å²) in [5, 5.41) is 12.5. The van der Waals surface area contributed by atoms with Gasteiger partial charge in [-0.2, -0.15) is 17.9 Å². The number of hydrogen-bond acceptors (Lipinski definition) is 5. The summed E-state index contributed by atoms with van der Waals surface area (Å²) in [5.41, 5.74) is 2.19. The first kappa shape index (κ1) is 18.1. The molecule has 1 N–H and O–H groups in total. The molecule has 2 aromatic heterocycles. The van der Waals surface area contributed by atoms with Gasteiger partial charge in [0, 0.05) is 23.4 Å². The van der Waals surface area contributed by atoms with Crippen molar-refractivity contribution in [3.05, 3.63) is 53.5 Å². The number of hydrogen-bond donors (Lipinski definition) is 1. The molecule has 0 bridgehead atoms. The smallest absolute Gasteiger partial charge is 0.349 e. The molecule has 7 nitrogen and oxygen atoms in total. The summed E-state index contributed by atoms with van der Waals surface area (Å²) in [6, 6.07) is 8.07. The van der Waals surface area contributed by atoms with Crippen molar-refractivity contribution in [2.75, 3.05) is 0 Å². The van der Waals surface area contributed by atoms with E-state index in [9.17, 15) is 18.0 Å². The van der Waals surface area contributed by atoms with E-state index in [1.165, 1.54) is 12.1 Å². The van der Waals surface area contributed by atoms with E-state index in [0.29, 0.717) is 15.9 Å². The van der Waals surface area contributed by atoms with Gasteiger partial charge in [0.1, 0.15) is 0 Å². The molecular weight excluding hydrogens is 373 g/mol. The molecule has 0 aliphatic heterocycles. The molecular formula is C18H15F3N6O. The standard InChI is InChI=1S/C18H15F3N6O/c1-10-2-5-15(22-9-10)11-6-12(16(28)23-13-3-4-13)8-14(7-11)27-17(18(19,20)21)24-25-26-27/h2,5-9,13H,3-4H2,1H3,(H,23,28). The Balaban J connectivity index is 1.83. The third-order valence-electron chi connectivity index (χ3n) is 4.27. The number of alkyl halides is 3. The third kappa shape index (κ3) is 3.71. The Hall–Kier alpha value is -3.30. The molecule has 1 aliphatic carbocycles. The van der Waals surface area contributed by atoms with Gasteiger partial charge in [0.25, 0.3) is 11.7 Å². The van der Waals surface area contributed by atoms with Crippen LogP contribution in [0, 0.1) is 6.92 Å². The van der Waals surface area contributed by atoms with Crippen LogP contribution in [0.5, 0.6) is 0 Å². The van der Waals surface area contributed by atoms with Crippen molar-refractivity contribution in [1.29, 1.82) is 0 Å². The second-order valence-corrected chi connectivity index (χ2v) is 6.65. The second kappa shape index (κ2) is 6.70. The van der Waals surface area contributed by atoms with Crippen LogP contribution in [0.25, 0.3) is 16.9 Å². The number of pyridine rings is 1. The number of tetrazole rings is 1. The highest BCUT2D eigenvalue weighted by atomic mass is 19.4. The minimum atomic E-state index is -4.74. The van der Waals surface area contributed by atoms with Gasteiger partial charge in [-0.3, -0.25) is 9.78 Å². The zero-order valence-corrected chi connectivity index (χ0v) is 14.7. The van der Waals surface area contributed by atoms with E-state index >= 15 is 0 Å². The summed E-state index contributed by atoms with van der Waals surface area (Å²) in [5.74, 6) is -1.63. The molecule has 0 saturated heterocycles. The molecule has 28 heavy (non-hydrogen) atoms. The number of halogens is 3. The summed E-state index contributed by atoms with van der Waals surface area (Å²) in [6.07, 6.45) is -1.31. The lowest BCUT2D eigenvalue weighted by atomic mass is 10.0. The van der Waals surface area contributed by atoms with Crippen LogP contribution < -0.4 is 5.32 Å². The van der Waals surface area contributed by atoms with Crippen LogP contribution in [0.4, 0.5) is 13.2 Å². The highest BCUT2D eigenvalue weighted by Crippen LogP contribution is 2.30. The average Bonchev–Trinajstić information content (AvgIpc) is 3.31. The Kier molecular flexibility index (Phi) is 4.33. The molecule has 0 unspecified atom stereocenters. The zero-order chi connectivity index (χ0) is 19.9. The van der Waals surface area contributed by atoms with Crippen LogP contribution >= 0.6 is 0 Å². The van der Waals surface area contributed by atoms with Crippen LogP contribution in [0.1, 0.15) is 34.6 Å². The number of aryl methyl sites for hydroxylation is 1. The number of rotatable bonds is 4. The predicted octanol–water partition coefficient (Wildman–Crippen LogP) is 2.94. The van der Waals surface area contributed by atoms with E-state index in [2.05, 4.69) is 25.8 Å². The van der Waals surface area contributed by atoms with E-state index < -0.39 is 12.0 Å². The van der Waals surface area contributed by atoms with Crippen molar-refractivity contribution >= 4 is 5.91 Å². The predicted molar refractivity (Wildman–Crippen MR) is 92.6 cm³/mol. The normalized spacial score (nSPS) is 14.1.